The lowest BCUT2D eigenvalue weighted by Gasteiger charge is -2.18. The Balaban J connectivity index is 2.19. The number of benzene rings is 1. The van der Waals surface area contributed by atoms with Crippen molar-refractivity contribution in [2.24, 2.45) is 0 Å². The molecule has 2 nitrogen and oxygen atoms in total. The molecule has 0 bridgehead atoms. The Morgan fingerprint density at radius 3 is 2.44 bits per heavy atom. The molecule has 0 saturated carbocycles. The first-order chi connectivity index (χ1) is 8.50. The fourth-order valence-electron chi connectivity index (χ4n) is 1.78. The Hall–Kier alpha value is -0.640. The molecule has 0 radical (unpaired) electrons. The first-order valence-electron chi connectivity index (χ1n) is 5.53. The fraction of sp³-hybridized carbons (Fsp3) is 0.308. The van der Waals surface area contributed by atoms with Crippen LogP contribution < -0.4 is 0 Å². The van der Waals surface area contributed by atoms with Crippen LogP contribution in [0.25, 0.3) is 0 Å². The smallest absolute Gasteiger partial charge is 0.185 e. The summed E-state index contributed by atoms with van der Waals surface area (Å²) in [6, 6.07) is 5.11. The average molecular weight is 302 g/mol. The third-order valence-corrected chi connectivity index (χ3v) is 4.80. The second-order valence-corrected chi connectivity index (χ2v) is 6.11. The highest BCUT2D eigenvalue weighted by Gasteiger charge is 2.22. The van der Waals surface area contributed by atoms with Crippen molar-refractivity contribution < 1.29 is 4.79 Å². The zero-order valence-electron chi connectivity index (χ0n) is 10.2. The SMILES string of the molecule is CC1=C(C)N(CC(=O)c2c(Cl)cccc2Cl)CS1. The number of halogens is 2. The Morgan fingerprint density at radius 2 is 1.94 bits per heavy atom. The zero-order chi connectivity index (χ0) is 13.3. The van der Waals surface area contributed by atoms with Gasteiger partial charge in [0.2, 0.25) is 0 Å². The molecule has 0 atom stereocenters. The number of allylic oxidation sites excluding steroid dienone is 2. The summed E-state index contributed by atoms with van der Waals surface area (Å²) in [4.78, 5) is 15.6. The molecular formula is C13H13Cl2NOS. The van der Waals surface area contributed by atoms with Gasteiger partial charge in [-0.15, -0.1) is 11.8 Å². The summed E-state index contributed by atoms with van der Waals surface area (Å²) in [5.41, 5.74) is 1.57. The van der Waals surface area contributed by atoms with Gasteiger partial charge in [-0.05, 0) is 26.0 Å². The maximum Gasteiger partial charge on any atom is 0.185 e. The van der Waals surface area contributed by atoms with Crippen LogP contribution in [0.2, 0.25) is 10.0 Å². The Labute approximate surface area is 121 Å². The minimum Gasteiger partial charge on any atom is -0.357 e. The highest BCUT2D eigenvalue weighted by atomic mass is 35.5. The summed E-state index contributed by atoms with van der Waals surface area (Å²) in [6.07, 6.45) is 0. The van der Waals surface area contributed by atoms with E-state index in [4.69, 9.17) is 23.2 Å². The molecule has 0 aromatic heterocycles. The minimum absolute atomic E-state index is 0.0414. The number of carbonyl (C=O) groups excluding carboxylic acids is 1. The summed E-state index contributed by atoms with van der Waals surface area (Å²) in [5.74, 6) is 0.770. The molecule has 0 saturated heterocycles. The van der Waals surface area contributed by atoms with Crippen LogP contribution in [-0.2, 0) is 0 Å². The number of hydrogen-bond donors (Lipinski definition) is 0. The van der Waals surface area contributed by atoms with E-state index in [-0.39, 0.29) is 5.78 Å². The first-order valence-corrected chi connectivity index (χ1v) is 7.27. The van der Waals surface area contributed by atoms with E-state index in [1.807, 2.05) is 11.8 Å². The number of rotatable bonds is 3. The lowest BCUT2D eigenvalue weighted by Crippen LogP contribution is -2.26. The van der Waals surface area contributed by atoms with Crippen LogP contribution in [0, 0.1) is 0 Å². The molecular weight excluding hydrogens is 289 g/mol. The molecule has 1 heterocycles. The molecule has 0 fully saturated rings. The van der Waals surface area contributed by atoms with Gasteiger partial charge in [-0.25, -0.2) is 0 Å². The summed E-state index contributed by atoms with van der Waals surface area (Å²) < 4.78 is 0. The van der Waals surface area contributed by atoms with Crippen LogP contribution in [0.5, 0.6) is 0 Å². The minimum atomic E-state index is -0.0414. The Bertz CT molecular complexity index is 507. The second-order valence-electron chi connectivity index (χ2n) is 4.13. The van der Waals surface area contributed by atoms with Crippen molar-refractivity contribution in [3.05, 3.63) is 44.4 Å². The van der Waals surface area contributed by atoms with E-state index in [0.29, 0.717) is 22.2 Å². The van der Waals surface area contributed by atoms with Gasteiger partial charge in [-0.2, -0.15) is 0 Å². The van der Waals surface area contributed by atoms with E-state index in [1.54, 1.807) is 30.0 Å². The van der Waals surface area contributed by atoms with E-state index >= 15 is 0 Å². The largest absolute Gasteiger partial charge is 0.357 e. The lowest BCUT2D eigenvalue weighted by atomic mass is 10.1. The third-order valence-electron chi connectivity index (χ3n) is 3.00. The summed E-state index contributed by atoms with van der Waals surface area (Å²) in [7, 11) is 0. The summed E-state index contributed by atoms with van der Waals surface area (Å²) >= 11 is 13.8. The van der Waals surface area contributed by atoms with Crippen LogP contribution in [-0.4, -0.2) is 23.1 Å². The number of nitrogens with zero attached hydrogens (tertiary/aromatic N) is 1. The van der Waals surface area contributed by atoms with Crippen molar-refractivity contribution in [3.63, 3.8) is 0 Å². The molecule has 5 heteroatoms. The van der Waals surface area contributed by atoms with Crippen LogP contribution in [0.3, 0.4) is 0 Å². The molecule has 1 aliphatic heterocycles. The molecule has 0 N–H and O–H groups in total. The highest BCUT2D eigenvalue weighted by Crippen LogP contribution is 2.32. The van der Waals surface area contributed by atoms with Crippen molar-refractivity contribution >= 4 is 40.7 Å². The maximum atomic E-state index is 12.3. The third kappa shape index (κ3) is 2.68. The van der Waals surface area contributed by atoms with Crippen molar-refractivity contribution in [3.8, 4) is 0 Å². The molecule has 0 aliphatic carbocycles. The van der Waals surface area contributed by atoms with E-state index < -0.39 is 0 Å². The standard InChI is InChI=1S/C13H13Cl2NOS/c1-8-9(2)18-7-16(8)6-12(17)13-10(14)4-3-5-11(13)15/h3-5H,6-7H2,1-2H3. The fourth-order valence-corrected chi connectivity index (χ4v) is 3.36. The predicted molar refractivity (Wildman–Crippen MR) is 78.3 cm³/mol. The van der Waals surface area contributed by atoms with Crippen LogP contribution in [0.4, 0.5) is 0 Å². The summed E-state index contributed by atoms with van der Waals surface area (Å²) in [5, 5.41) is 0.829. The maximum absolute atomic E-state index is 12.3. The predicted octanol–water partition coefficient (Wildman–Crippen LogP) is 4.43. The van der Waals surface area contributed by atoms with Crippen molar-refractivity contribution in [2.45, 2.75) is 13.8 Å². The number of Topliss-reactive ketones (excluding diaryl/α,β-unsaturated/α-hetero) is 1. The molecule has 96 valence electrons. The van der Waals surface area contributed by atoms with Crippen LogP contribution in [0.15, 0.2) is 28.8 Å². The number of hydrogen-bond acceptors (Lipinski definition) is 3. The number of ketones is 1. The van der Waals surface area contributed by atoms with Gasteiger partial charge in [0.15, 0.2) is 5.78 Å². The van der Waals surface area contributed by atoms with E-state index in [0.717, 1.165) is 11.6 Å². The number of thioether (sulfide) groups is 1. The zero-order valence-corrected chi connectivity index (χ0v) is 12.5. The van der Waals surface area contributed by atoms with E-state index in [1.165, 1.54) is 4.91 Å². The lowest BCUT2D eigenvalue weighted by molar-refractivity contribution is 0.0959. The van der Waals surface area contributed by atoms with E-state index in [9.17, 15) is 4.79 Å². The van der Waals surface area contributed by atoms with Crippen molar-refractivity contribution in [1.29, 1.82) is 0 Å². The van der Waals surface area contributed by atoms with Crippen molar-refractivity contribution in [2.75, 3.05) is 12.4 Å². The van der Waals surface area contributed by atoms with Gasteiger partial charge in [-0.1, -0.05) is 29.3 Å². The quantitative estimate of drug-likeness (QED) is 0.770. The topological polar surface area (TPSA) is 20.3 Å². The van der Waals surface area contributed by atoms with Crippen LogP contribution >= 0.6 is 35.0 Å². The highest BCUT2D eigenvalue weighted by molar-refractivity contribution is 8.03. The molecule has 18 heavy (non-hydrogen) atoms. The average Bonchev–Trinajstić information content (AvgIpc) is 2.61. The van der Waals surface area contributed by atoms with Gasteiger partial charge in [0.25, 0.3) is 0 Å². The molecule has 0 unspecified atom stereocenters. The number of carbonyl (C=O) groups is 1. The summed E-state index contributed by atoms with van der Waals surface area (Å²) in [6.45, 7) is 4.41. The molecule has 1 aromatic rings. The normalized spacial score (nSPS) is 15.4. The van der Waals surface area contributed by atoms with Crippen molar-refractivity contribution in [1.82, 2.24) is 4.90 Å². The van der Waals surface area contributed by atoms with Gasteiger partial charge in [0.1, 0.15) is 0 Å². The molecule has 1 aliphatic rings. The molecule has 0 spiro atoms. The van der Waals surface area contributed by atoms with Gasteiger partial charge in [-0.3, -0.25) is 4.79 Å². The monoisotopic (exact) mass is 301 g/mol. The molecule has 0 amide bonds. The van der Waals surface area contributed by atoms with Gasteiger partial charge >= 0.3 is 0 Å². The van der Waals surface area contributed by atoms with Gasteiger partial charge < -0.3 is 4.90 Å². The molecule has 2 rings (SSSR count). The first kappa shape index (κ1) is 13.8. The Kier molecular flexibility index (Phi) is 4.25. The second kappa shape index (κ2) is 5.55. The van der Waals surface area contributed by atoms with E-state index in [2.05, 4.69) is 6.92 Å². The Morgan fingerprint density at radius 1 is 1.33 bits per heavy atom. The van der Waals surface area contributed by atoms with Gasteiger partial charge in [0, 0.05) is 10.6 Å². The van der Waals surface area contributed by atoms with Gasteiger partial charge in [0.05, 0.1) is 28.0 Å². The van der Waals surface area contributed by atoms with Crippen LogP contribution in [0.1, 0.15) is 24.2 Å². The molecule has 1 aromatic carbocycles.